The third-order valence-corrected chi connectivity index (χ3v) is 4.04. The summed E-state index contributed by atoms with van der Waals surface area (Å²) in [5, 5.41) is 11.7. The highest BCUT2D eigenvalue weighted by atomic mass is 16.4. The first kappa shape index (κ1) is 17.4. The Balaban J connectivity index is 1.74. The lowest BCUT2D eigenvalue weighted by atomic mass is 10.1. The SMILES string of the molecule is CCc1ccc(-c2ccc(C(=O)Nc3cccc(C(=O)O)c3)cc2)nc1. The van der Waals surface area contributed by atoms with Crippen LogP contribution in [0.15, 0.2) is 66.9 Å². The summed E-state index contributed by atoms with van der Waals surface area (Å²) < 4.78 is 0. The van der Waals surface area contributed by atoms with Crippen LogP contribution in [0.3, 0.4) is 0 Å². The summed E-state index contributed by atoms with van der Waals surface area (Å²) in [7, 11) is 0. The summed E-state index contributed by atoms with van der Waals surface area (Å²) in [6.07, 6.45) is 2.79. The van der Waals surface area contributed by atoms with Crippen LogP contribution in [0.5, 0.6) is 0 Å². The van der Waals surface area contributed by atoms with Crippen LogP contribution in [-0.4, -0.2) is 22.0 Å². The normalized spacial score (nSPS) is 10.3. The number of carbonyl (C=O) groups excluding carboxylic acids is 1. The lowest BCUT2D eigenvalue weighted by molar-refractivity contribution is 0.0696. The maximum absolute atomic E-state index is 12.4. The lowest BCUT2D eigenvalue weighted by Gasteiger charge is -2.07. The minimum atomic E-state index is -1.04. The minimum Gasteiger partial charge on any atom is -0.478 e. The number of hydrogen-bond acceptors (Lipinski definition) is 3. The van der Waals surface area contributed by atoms with Gasteiger partial charge in [0.05, 0.1) is 11.3 Å². The number of nitrogens with one attached hydrogen (secondary N) is 1. The second-order valence-electron chi connectivity index (χ2n) is 5.82. The molecule has 5 heteroatoms. The Bertz CT molecular complexity index is 932. The number of amides is 1. The predicted octanol–water partition coefficient (Wildman–Crippen LogP) is 4.26. The average Bonchev–Trinajstić information content (AvgIpc) is 2.68. The molecule has 1 amide bonds. The van der Waals surface area contributed by atoms with E-state index in [1.165, 1.54) is 17.7 Å². The van der Waals surface area contributed by atoms with Gasteiger partial charge in [-0.2, -0.15) is 0 Å². The first-order chi connectivity index (χ1) is 12.6. The monoisotopic (exact) mass is 346 g/mol. The van der Waals surface area contributed by atoms with Gasteiger partial charge in [0, 0.05) is 23.0 Å². The first-order valence-corrected chi connectivity index (χ1v) is 8.27. The van der Waals surface area contributed by atoms with Gasteiger partial charge in [0.25, 0.3) is 5.91 Å². The number of aromatic carboxylic acids is 1. The summed E-state index contributed by atoms with van der Waals surface area (Å²) in [6, 6.07) is 17.3. The topological polar surface area (TPSA) is 79.3 Å². The number of hydrogen-bond donors (Lipinski definition) is 2. The number of aryl methyl sites for hydroxylation is 1. The maximum atomic E-state index is 12.4. The highest BCUT2D eigenvalue weighted by Gasteiger charge is 2.09. The van der Waals surface area contributed by atoms with E-state index in [1.54, 1.807) is 24.3 Å². The number of carbonyl (C=O) groups is 2. The largest absolute Gasteiger partial charge is 0.478 e. The van der Waals surface area contributed by atoms with E-state index in [4.69, 9.17) is 5.11 Å². The van der Waals surface area contributed by atoms with Crippen molar-refractivity contribution in [3.8, 4) is 11.3 Å². The van der Waals surface area contributed by atoms with E-state index < -0.39 is 5.97 Å². The molecule has 0 aliphatic rings. The van der Waals surface area contributed by atoms with Crippen LogP contribution >= 0.6 is 0 Å². The van der Waals surface area contributed by atoms with Crippen molar-refractivity contribution in [3.05, 3.63) is 83.6 Å². The molecule has 3 rings (SSSR count). The van der Waals surface area contributed by atoms with Crippen LogP contribution in [0.4, 0.5) is 5.69 Å². The van der Waals surface area contributed by atoms with E-state index in [0.717, 1.165) is 17.7 Å². The van der Waals surface area contributed by atoms with E-state index in [-0.39, 0.29) is 11.5 Å². The molecule has 0 saturated heterocycles. The molecule has 0 bridgehead atoms. The second kappa shape index (κ2) is 7.61. The number of aromatic nitrogens is 1. The van der Waals surface area contributed by atoms with Crippen molar-refractivity contribution in [2.75, 3.05) is 5.32 Å². The standard InChI is InChI=1S/C21H18N2O3/c1-2-14-6-11-19(22-13-14)15-7-9-16(10-8-15)20(24)23-18-5-3-4-17(12-18)21(25)26/h3-13H,2H2,1H3,(H,23,24)(H,25,26). The molecule has 0 saturated carbocycles. The highest BCUT2D eigenvalue weighted by Crippen LogP contribution is 2.19. The van der Waals surface area contributed by atoms with E-state index >= 15 is 0 Å². The van der Waals surface area contributed by atoms with Gasteiger partial charge in [0.2, 0.25) is 0 Å². The zero-order valence-electron chi connectivity index (χ0n) is 14.3. The van der Waals surface area contributed by atoms with Crippen LogP contribution in [0, 0.1) is 0 Å². The van der Waals surface area contributed by atoms with Crippen LogP contribution in [-0.2, 0) is 6.42 Å². The summed E-state index contributed by atoms with van der Waals surface area (Å²) >= 11 is 0. The summed E-state index contributed by atoms with van der Waals surface area (Å²) in [5.41, 5.74) is 4.00. The quantitative estimate of drug-likeness (QED) is 0.723. The third-order valence-electron chi connectivity index (χ3n) is 4.04. The number of benzene rings is 2. The fraction of sp³-hybridized carbons (Fsp3) is 0.0952. The smallest absolute Gasteiger partial charge is 0.335 e. The number of nitrogens with zero attached hydrogens (tertiary/aromatic N) is 1. The van der Waals surface area contributed by atoms with Crippen molar-refractivity contribution < 1.29 is 14.7 Å². The molecule has 5 nitrogen and oxygen atoms in total. The zero-order valence-corrected chi connectivity index (χ0v) is 14.3. The molecule has 3 aromatic rings. The molecule has 0 spiro atoms. The Morgan fingerprint density at radius 1 is 1.00 bits per heavy atom. The Labute approximate surface area is 151 Å². The number of rotatable bonds is 5. The van der Waals surface area contributed by atoms with Crippen LogP contribution in [0.1, 0.15) is 33.2 Å². The van der Waals surface area contributed by atoms with Crippen molar-refractivity contribution in [3.63, 3.8) is 0 Å². The van der Waals surface area contributed by atoms with Crippen LogP contribution in [0.25, 0.3) is 11.3 Å². The maximum Gasteiger partial charge on any atom is 0.335 e. The molecular formula is C21H18N2O3. The Morgan fingerprint density at radius 2 is 1.77 bits per heavy atom. The fourth-order valence-corrected chi connectivity index (χ4v) is 2.53. The molecule has 2 N–H and O–H groups in total. The van der Waals surface area contributed by atoms with Crippen LogP contribution < -0.4 is 5.32 Å². The van der Waals surface area contributed by atoms with Crippen molar-refractivity contribution in [1.82, 2.24) is 4.98 Å². The molecule has 0 unspecified atom stereocenters. The molecule has 0 aliphatic carbocycles. The van der Waals surface area contributed by atoms with Crippen LogP contribution in [0.2, 0.25) is 0 Å². The van der Waals surface area contributed by atoms with Gasteiger partial charge in [-0.25, -0.2) is 4.79 Å². The van der Waals surface area contributed by atoms with E-state index in [2.05, 4.69) is 17.2 Å². The summed E-state index contributed by atoms with van der Waals surface area (Å²) in [6.45, 7) is 2.08. The predicted molar refractivity (Wildman–Crippen MR) is 100 cm³/mol. The van der Waals surface area contributed by atoms with Gasteiger partial charge >= 0.3 is 5.97 Å². The Hall–Kier alpha value is -3.47. The highest BCUT2D eigenvalue weighted by molar-refractivity contribution is 6.05. The fourth-order valence-electron chi connectivity index (χ4n) is 2.53. The average molecular weight is 346 g/mol. The van der Waals surface area contributed by atoms with Crippen molar-refractivity contribution >= 4 is 17.6 Å². The van der Waals surface area contributed by atoms with E-state index in [0.29, 0.717) is 11.3 Å². The van der Waals surface area contributed by atoms with Gasteiger partial charge in [-0.1, -0.05) is 31.2 Å². The van der Waals surface area contributed by atoms with Gasteiger partial charge in [-0.3, -0.25) is 9.78 Å². The molecule has 1 aromatic heterocycles. The molecule has 2 aromatic carbocycles. The Kier molecular flexibility index (Phi) is 5.08. The van der Waals surface area contributed by atoms with Crippen molar-refractivity contribution in [2.45, 2.75) is 13.3 Å². The summed E-state index contributed by atoms with van der Waals surface area (Å²) in [4.78, 5) is 27.8. The number of anilines is 1. The lowest BCUT2D eigenvalue weighted by Crippen LogP contribution is -2.12. The molecule has 1 heterocycles. The molecular weight excluding hydrogens is 328 g/mol. The van der Waals surface area contributed by atoms with Gasteiger partial charge in [0.1, 0.15) is 0 Å². The van der Waals surface area contributed by atoms with Gasteiger partial charge < -0.3 is 10.4 Å². The first-order valence-electron chi connectivity index (χ1n) is 8.27. The number of carboxylic acid groups (broad SMARTS) is 1. The molecule has 0 fully saturated rings. The van der Waals surface area contributed by atoms with Gasteiger partial charge in [-0.05, 0) is 48.4 Å². The number of carboxylic acids is 1. The molecule has 0 aliphatic heterocycles. The molecule has 26 heavy (non-hydrogen) atoms. The Morgan fingerprint density at radius 3 is 2.38 bits per heavy atom. The second-order valence-corrected chi connectivity index (χ2v) is 5.82. The molecule has 0 radical (unpaired) electrons. The van der Waals surface area contributed by atoms with E-state index in [1.807, 2.05) is 30.5 Å². The minimum absolute atomic E-state index is 0.125. The third kappa shape index (κ3) is 3.95. The molecule has 0 atom stereocenters. The zero-order chi connectivity index (χ0) is 18.5. The van der Waals surface area contributed by atoms with Gasteiger partial charge in [-0.15, -0.1) is 0 Å². The number of pyridine rings is 1. The van der Waals surface area contributed by atoms with Crippen molar-refractivity contribution in [2.24, 2.45) is 0 Å². The van der Waals surface area contributed by atoms with E-state index in [9.17, 15) is 9.59 Å². The summed E-state index contributed by atoms with van der Waals surface area (Å²) in [5.74, 6) is -1.33. The van der Waals surface area contributed by atoms with Gasteiger partial charge in [0.15, 0.2) is 0 Å². The van der Waals surface area contributed by atoms with Crippen molar-refractivity contribution in [1.29, 1.82) is 0 Å². The molecule has 130 valence electrons.